The van der Waals surface area contributed by atoms with Crippen LogP contribution in [0.4, 0.5) is 0 Å². The lowest BCUT2D eigenvalue weighted by Crippen LogP contribution is -2.34. The number of fused-ring (bicyclic) bond motifs is 1. The molecule has 0 unspecified atom stereocenters. The number of hydrazine groups is 1. The summed E-state index contributed by atoms with van der Waals surface area (Å²) in [6.07, 6.45) is 1.54. The van der Waals surface area contributed by atoms with E-state index in [1.54, 1.807) is 24.3 Å². The summed E-state index contributed by atoms with van der Waals surface area (Å²) in [4.78, 5) is 18.8. The van der Waals surface area contributed by atoms with Crippen LogP contribution in [0.15, 0.2) is 90.0 Å². The zero-order valence-electron chi connectivity index (χ0n) is 20.1. The first-order valence-corrected chi connectivity index (χ1v) is 12.8. The van der Waals surface area contributed by atoms with Crippen molar-refractivity contribution < 1.29 is 9.47 Å². The molecule has 0 aliphatic rings. The number of halogens is 1. The van der Waals surface area contributed by atoms with Crippen LogP contribution < -0.4 is 20.9 Å². The number of benzene rings is 3. The third-order valence-corrected chi connectivity index (χ3v) is 7.27. The van der Waals surface area contributed by atoms with Gasteiger partial charge in [-0.25, -0.2) is 9.99 Å². The number of aromatic nitrogens is 2. The van der Waals surface area contributed by atoms with Gasteiger partial charge in [-0.05, 0) is 41.5 Å². The SMILES string of the molecule is COc1cc(-n2cnc3cc(-c4ccc(Cl)cc4)sc3c2=O)ccc1OCCN(N)Cc1ccccc1. The molecule has 0 radical (unpaired) electrons. The van der Waals surface area contributed by atoms with Gasteiger partial charge in [0.05, 0.1) is 18.3 Å². The molecular weight excluding hydrogens is 508 g/mol. The molecule has 2 heterocycles. The number of hydrogen-bond donors (Lipinski definition) is 1. The van der Waals surface area contributed by atoms with Crippen molar-refractivity contribution in [3.05, 3.63) is 106 Å². The maximum absolute atomic E-state index is 13.3. The highest BCUT2D eigenvalue weighted by atomic mass is 35.5. The summed E-state index contributed by atoms with van der Waals surface area (Å²) in [5.41, 5.74) is 3.26. The minimum Gasteiger partial charge on any atom is -0.493 e. The van der Waals surface area contributed by atoms with Gasteiger partial charge in [-0.3, -0.25) is 15.2 Å². The van der Waals surface area contributed by atoms with Gasteiger partial charge in [0.2, 0.25) is 0 Å². The molecule has 0 saturated heterocycles. The average Bonchev–Trinajstić information content (AvgIpc) is 3.35. The van der Waals surface area contributed by atoms with Gasteiger partial charge in [-0.1, -0.05) is 54.1 Å². The van der Waals surface area contributed by atoms with E-state index in [4.69, 9.17) is 26.9 Å². The first-order valence-electron chi connectivity index (χ1n) is 11.6. The quantitative estimate of drug-likeness (QED) is 0.198. The number of rotatable bonds is 9. The molecule has 37 heavy (non-hydrogen) atoms. The highest BCUT2D eigenvalue weighted by Crippen LogP contribution is 2.33. The highest BCUT2D eigenvalue weighted by molar-refractivity contribution is 7.22. The van der Waals surface area contributed by atoms with Crippen LogP contribution in [-0.2, 0) is 6.54 Å². The Morgan fingerprint density at radius 1 is 1.03 bits per heavy atom. The smallest absolute Gasteiger partial charge is 0.275 e. The molecule has 7 nitrogen and oxygen atoms in total. The van der Waals surface area contributed by atoms with Crippen LogP contribution in [-0.4, -0.2) is 34.8 Å². The topological polar surface area (TPSA) is 82.6 Å². The van der Waals surface area contributed by atoms with Crippen molar-refractivity contribution in [3.63, 3.8) is 0 Å². The van der Waals surface area contributed by atoms with Gasteiger partial charge in [-0.15, -0.1) is 11.3 Å². The van der Waals surface area contributed by atoms with Crippen molar-refractivity contribution in [2.45, 2.75) is 6.54 Å². The molecule has 0 saturated carbocycles. The van der Waals surface area contributed by atoms with Crippen LogP contribution >= 0.6 is 22.9 Å². The molecule has 2 aromatic heterocycles. The molecule has 0 aliphatic carbocycles. The third kappa shape index (κ3) is 5.68. The van der Waals surface area contributed by atoms with Crippen molar-refractivity contribution in [2.24, 2.45) is 5.84 Å². The Labute approximate surface area is 223 Å². The Hall–Kier alpha value is -3.69. The standard InChI is InChI=1S/C28H25ClN4O3S/c1-35-25-15-22(11-12-24(25)36-14-13-32(30)17-19-5-3-2-4-6-19)33-18-31-23-16-26(37-27(23)28(33)34)20-7-9-21(29)10-8-20/h2-12,15-16,18H,13-14,17,30H2,1H3. The van der Waals surface area contributed by atoms with E-state index in [9.17, 15) is 4.79 Å². The minimum atomic E-state index is -0.148. The molecule has 0 fully saturated rings. The van der Waals surface area contributed by atoms with Crippen LogP contribution in [0.25, 0.3) is 26.3 Å². The van der Waals surface area contributed by atoms with Crippen molar-refractivity contribution >= 4 is 33.2 Å². The number of thiophene rings is 1. The van der Waals surface area contributed by atoms with Gasteiger partial charge in [0.25, 0.3) is 5.56 Å². The van der Waals surface area contributed by atoms with E-state index in [-0.39, 0.29) is 5.56 Å². The lowest BCUT2D eigenvalue weighted by Gasteiger charge is -2.18. The van der Waals surface area contributed by atoms with E-state index in [0.717, 1.165) is 16.0 Å². The second kappa shape index (κ2) is 11.1. The maximum Gasteiger partial charge on any atom is 0.275 e. The second-order valence-corrected chi connectivity index (χ2v) is 9.88. The first-order chi connectivity index (χ1) is 18.0. The summed E-state index contributed by atoms with van der Waals surface area (Å²) in [6, 6.07) is 24.8. The summed E-state index contributed by atoms with van der Waals surface area (Å²) in [5, 5.41) is 2.37. The fourth-order valence-electron chi connectivity index (χ4n) is 3.95. The Kier molecular flexibility index (Phi) is 7.52. The molecule has 0 aliphatic heterocycles. The van der Waals surface area contributed by atoms with E-state index in [0.29, 0.717) is 52.1 Å². The summed E-state index contributed by atoms with van der Waals surface area (Å²) in [5.74, 6) is 7.21. The Morgan fingerprint density at radius 3 is 2.57 bits per heavy atom. The summed E-state index contributed by atoms with van der Waals surface area (Å²) in [6.45, 7) is 1.55. The van der Waals surface area contributed by atoms with E-state index in [1.807, 2.05) is 66.7 Å². The number of nitrogens with two attached hydrogens (primary N) is 1. The number of nitrogens with zero attached hydrogens (tertiary/aromatic N) is 3. The fourth-order valence-corrected chi connectivity index (χ4v) is 5.12. The van der Waals surface area contributed by atoms with Gasteiger partial charge in [0.1, 0.15) is 17.6 Å². The van der Waals surface area contributed by atoms with Gasteiger partial charge in [-0.2, -0.15) is 0 Å². The van der Waals surface area contributed by atoms with Crippen LogP contribution in [0.1, 0.15) is 5.56 Å². The normalized spacial score (nSPS) is 11.2. The monoisotopic (exact) mass is 532 g/mol. The van der Waals surface area contributed by atoms with Gasteiger partial charge in [0.15, 0.2) is 11.5 Å². The highest BCUT2D eigenvalue weighted by Gasteiger charge is 2.14. The molecule has 188 valence electrons. The zero-order valence-corrected chi connectivity index (χ0v) is 21.7. The van der Waals surface area contributed by atoms with Crippen molar-refractivity contribution in [3.8, 4) is 27.6 Å². The second-order valence-electron chi connectivity index (χ2n) is 8.39. The van der Waals surface area contributed by atoms with E-state index in [1.165, 1.54) is 22.2 Å². The van der Waals surface area contributed by atoms with Gasteiger partial charge >= 0.3 is 0 Å². The molecule has 0 atom stereocenters. The minimum absolute atomic E-state index is 0.148. The molecule has 5 aromatic rings. The molecule has 3 aromatic carbocycles. The van der Waals surface area contributed by atoms with E-state index in [2.05, 4.69) is 4.98 Å². The van der Waals surface area contributed by atoms with E-state index < -0.39 is 0 Å². The van der Waals surface area contributed by atoms with E-state index >= 15 is 0 Å². The Bertz CT molecular complexity index is 1570. The molecule has 5 rings (SSSR count). The Balaban J connectivity index is 1.32. The molecule has 0 amide bonds. The van der Waals surface area contributed by atoms with Crippen LogP contribution in [0.5, 0.6) is 11.5 Å². The summed E-state index contributed by atoms with van der Waals surface area (Å²) in [7, 11) is 1.57. The van der Waals surface area contributed by atoms with Crippen molar-refractivity contribution in [1.82, 2.24) is 14.6 Å². The summed E-state index contributed by atoms with van der Waals surface area (Å²) >= 11 is 7.42. The predicted molar refractivity (Wildman–Crippen MR) is 149 cm³/mol. The van der Waals surface area contributed by atoms with Crippen molar-refractivity contribution in [1.29, 1.82) is 0 Å². The van der Waals surface area contributed by atoms with Gasteiger partial charge < -0.3 is 9.47 Å². The van der Waals surface area contributed by atoms with Crippen LogP contribution in [0.3, 0.4) is 0 Å². The fraction of sp³-hybridized carbons (Fsp3) is 0.143. The van der Waals surface area contributed by atoms with Crippen LogP contribution in [0.2, 0.25) is 5.02 Å². The molecule has 2 N–H and O–H groups in total. The van der Waals surface area contributed by atoms with Crippen LogP contribution in [0, 0.1) is 0 Å². The molecule has 0 spiro atoms. The lowest BCUT2D eigenvalue weighted by atomic mass is 10.2. The molecule has 9 heteroatoms. The number of ether oxygens (including phenoxy) is 2. The first kappa shape index (κ1) is 25.0. The molecule has 0 bridgehead atoms. The third-order valence-electron chi connectivity index (χ3n) is 5.86. The average molecular weight is 533 g/mol. The lowest BCUT2D eigenvalue weighted by molar-refractivity contribution is 0.202. The maximum atomic E-state index is 13.3. The van der Waals surface area contributed by atoms with Gasteiger partial charge in [0, 0.05) is 29.1 Å². The predicted octanol–water partition coefficient (Wildman–Crippen LogP) is 5.53. The molecular formula is C28H25ClN4O3S. The Morgan fingerprint density at radius 2 is 1.81 bits per heavy atom. The largest absolute Gasteiger partial charge is 0.493 e. The van der Waals surface area contributed by atoms with Crippen molar-refractivity contribution in [2.75, 3.05) is 20.3 Å². The number of hydrogen-bond acceptors (Lipinski definition) is 7. The number of methoxy groups -OCH3 is 1. The zero-order chi connectivity index (χ0) is 25.8. The summed E-state index contributed by atoms with van der Waals surface area (Å²) < 4.78 is 13.6.